The van der Waals surface area contributed by atoms with E-state index in [1.807, 2.05) is 23.6 Å². The van der Waals surface area contributed by atoms with Gasteiger partial charge in [-0.1, -0.05) is 97.1 Å². The van der Waals surface area contributed by atoms with E-state index in [4.69, 9.17) is 14.4 Å². The number of hydrogen-bond donors (Lipinski definition) is 0. The summed E-state index contributed by atoms with van der Waals surface area (Å²) in [7, 11) is 0. The Kier molecular flexibility index (Phi) is 5.07. The first-order valence-electron chi connectivity index (χ1n) is 14.0. The van der Waals surface area contributed by atoms with Gasteiger partial charge in [0.15, 0.2) is 0 Å². The summed E-state index contributed by atoms with van der Waals surface area (Å²) in [5.74, 6) is 0. The Labute approximate surface area is 245 Å². The third-order valence-corrected chi connectivity index (χ3v) is 9.36. The van der Waals surface area contributed by atoms with Crippen LogP contribution in [0.2, 0.25) is 0 Å². The summed E-state index contributed by atoms with van der Waals surface area (Å²) in [4.78, 5) is 9.69. The summed E-state index contributed by atoms with van der Waals surface area (Å²) in [6.45, 7) is 0. The molecule has 3 heterocycles. The molecule has 0 bridgehead atoms. The fraction of sp³-hybridized carbons (Fsp3) is 0. The van der Waals surface area contributed by atoms with Crippen LogP contribution >= 0.6 is 11.3 Å². The van der Waals surface area contributed by atoms with Gasteiger partial charge < -0.3 is 4.42 Å². The van der Waals surface area contributed by atoms with Crippen molar-refractivity contribution in [1.82, 2.24) is 9.97 Å². The molecule has 6 aromatic carbocycles. The molecule has 0 amide bonds. The van der Waals surface area contributed by atoms with Crippen molar-refractivity contribution >= 4 is 64.5 Å². The van der Waals surface area contributed by atoms with Crippen molar-refractivity contribution in [2.24, 2.45) is 0 Å². The predicted octanol–water partition coefficient (Wildman–Crippen LogP) is 10.9. The van der Waals surface area contributed by atoms with Crippen molar-refractivity contribution in [2.45, 2.75) is 0 Å². The molecule has 0 aliphatic carbocycles. The van der Waals surface area contributed by atoms with Crippen molar-refractivity contribution in [3.8, 4) is 33.5 Å². The highest BCUT2D eigenvalue weighted by atomic mass is 32.1. The first-order valence-corrected chi connectivity index (χ1v) is 14.8. The molecule has 4 heteroatoms. The largest absolute Gasteiger partial charge is 0.436 e. The topological polar surface area (TPSA) is 38.9 Å². The lowest BCUT2D eigenvalue weighted by molar-refractivity contribution is 0.653. The van der Waals surface area contributed by atoms with E-state index in [9.17, 15) is 0 Å². The fourth-order valence-corrected chi connectivity index (χ4v) is 7.28. The van der Waals surface area contributed by atoms with E-state index in [1.165, 1.54) is 42.1 Å². The van der Waals surface area contributed by atoms with Crippen molar-refractivity contribution < 1.29 is 4.42 Å². The van der Waals surface area contributed by atoms with Crippen LogP contribution in [0.15, 0.2) is 138 Å². The zero-order valence-corrected chi connectivity index (χ0v) is 23.2. The monoisotopic (exact) mass is 554 g/mol. The van der Waals surface area contributed by atoms with Crippen molar-refractivity contribution in [2.75, 3.05) is 0 Å². The third kappa shape index (κ3) is 3.66. The third-order valence-electron chi connectivity index (χ3n) is 8.14. The SMILES string of the molecule is c1cc(-c2ccc3oc4nc(-c5ccc6ccccc6c5)cnc4c3c2)cc(-c2cccc3c2sc2ccccc23)c1. The van der Waals surface area contributed by atoms with E-state index in [1.54, 1.807) is 0 Å². The first kappa shape index (κ1) is 23.4. The Balaban J connectivity index is 1.13. The molecule has 3 aromatic heterocycles. The summed E-state index contributed by atoms with van der Waals surface area (Å²) in [6, 6.07) is 45.1. The fourth-order valence-electron chi connectivity index (χ4n) is 6.04. The second kappa shape index (κ2) is 9.10. The molecular formula is C38H22N2OS. The van der Waals surface area contributed by atoms with Crippen LogP contribution in [0.1, 0.15) is 0 Å². The van der Waals surface area contributed by atoms with Gasteiger partial charge in [0.05, 0.1) is 11.9 Å². The molecule has 0 aliphatic rings. The van der Waals surface area contributed by atoms with Crippen molar-refractivity contribution in [3.05, 3.63) is 134 Å². The highest BCUT2D eigenvalue weighted by Gasteiger charge is 2.14. The Morgan fingerprint density at radius 2 is 1.33 bits per heavy atom. The van der Waals surface area contributed by atoms with Crippen LogP contribution < -0.4 is 0 Å². The molecule has 0 atom stereocenters. The quantitative estimate of drug-likeness (QED) is 0.218. The smallest absolute Gasteiger partial charge is 0.246 e. The standard InChI is InChI=1S/C38H22N2OS/c1-2-8-24-20-28(16-15-23(24)7-1)33-22-39-36-32-21-26(17-18-34(32)41-38(36)40-33)25-9-5-10-27(19-25)29-12-6-13-31-30-11-3-4-14-35(30)42-37(29)31/h1-22H. The summed E-state index contributed by atoms with van der Waals surface area (Å²) in [6.07, 6.45) is 1.85. The second-order valence-electron chi connectivity index (χ2n) is 10.6. The molecular weight excluding hydrogens is 532 g/mol. The molecule has 0 spiro atoms. The lowest BCUT2D eigenvalue weighted by Gasteiger charge is -2.08. The molecule has 0 saturated carbocycles. The summed E-state index contributed by atoms with van der Waals surface area (Å²) < 4.78 is 8.83. The van der Waals surface area contributed by atoms with Gasteiger partial charge in [-0.15, -0.1) is 11.3 Å². The van der Waals surface area contributed by atoms with Crippen LogP contribution in [0, 0.1) is 0 Å². The minimum absolute atomic E-state index is 0.554. The van der Waals surface area contributed by atoms with E-state index in [-0.39, 0.29) is 0 Å². The first-order chi connectivity index (χ1) is 20.8. The van der Waals surface area contributed by atoms with Crippen LogP contribution in [0.3, 0.4) is 0 Å². The number of hydrogen-bond acceptors (Lipinski definition) is 4. The number of benzene rings is 6. The van der Waals surface area contributed by atoms with Crippen LogP contribution in [0.25, 0.3) is 86.7 Å². The molecule has 0 unspecified atom stereocenters. The second-order valence-corrected chi connectivity index (χ2v) is 11.7. The van der Waals surface area contributed by atoms with Crippen molar-refractivity contribution in [1.29, 1.82) is 0 Å². The average Bonchev–Trinajstić information content (AvgIpc) is 3.62. The Hall–Kier alpha value is -5.32. The van der Waals surface area contributed by atoms with Crippen LogP contribution in [-0.2, 0) is 0 Å². The van der Waals surface area contributed by atoms with Gasteiger partial charge in [0.25, 0.3) is 0 Å². The lowest BCUT2D eigenvalue weighted by Crippen LogP contribution is -1.87. The number of furan rings is 1. The molecule has 0 N–H and O–H groups in total. The summed E-state index contributed by atoms with van der Waals surface area (Å²) in [5, 5.41) is 5.98. The maximum absolute atomic E-state index is 6.19. The predicted molar refractivity (Wildman–Crippen MR) is 176 cm³/mol. The molecule has 9 rings (SSSR count). The number of thiophene rings is 1. The van der Waals surface area contributed by atoms with Gasteiger partial charge in [-0.25, -0.2) is 9.97 Å². The van der Waals surface area contributed by atoms with Crippen LogP contribution in [0.4, 0.5) is 0 Å². The van der Waals surface area contributed by atoms with E-state index in [2.05, 4.69) is 121 Å². The van der Waals surface area contributed by atoms with Gasteiger partial charge in [0.1, 0.15) is 11.1 Å². The zero-order chi connectivity index (χ0) is 27.6. The van der Waals surface area contributed by atoms with E-state index < -0.39 is 0 Å². The van der Waals surface area contributed by atoms with Gasteiger partial charge in [-0.05, 0) is 63.4 Å². The van der Waals surface area contributed by atoms with Gasteiger partial charge in [0.2, 0.25) is 5.71 Å². The molecule has 0 radical (unpaired) electrons. The van der Waals surface area contributed by atoms with E-state index in [0.29, 0.717) is 5.71 Å². The highest BCUT2D eigenvalue weighted by Crippen LogP contribution is 2.41. The average molecular weight is 555 g/mol. The molecule has 9 aromatic rings. The normalized spacial score (nSPS) is 11.8. The molecule has 0 fully saturated rings. The van der Waals surface area contributed by atoms with Crippen LogP contribution in [0.5, 0.6) is 0 Å². The zero-order valence-electron chi connectivity index (χ0n) is 22.4. The molecule has 3 nitrogen and oxygen atoms in total. The van der Waals surface area contributed by atoms with E-state index >= 15 is 0 Å². The Morgan fingerprint density at radius 3 is 2.31 bits per heavy atom. The Morgan fingerprint density at radius 1 is 0.548 bits per heavy atom. The van der Waals surface area contributed by atoms with E-state index in [0.717, 1.165) is 38.9 Å². The maximum Gasteiger partial charge on any atom is 0.246 e. The summed E-state index contributed by atoms with van der Waals surface area (Å²) >= 11 is 1.86. The number of fused-ring (bicyclic) bond motifs is 7. The number of rotatable bonds is 3. The molecule has 196 valence electrons. The Bertz CT molecular complexity index is 2490. The highest BCUT2D eigenvalue weighted by molar-refractivity contribution is 7.26. The van der Waals surface area contributed by atoms with Gasteiger partial charge >= 0.3 is 0 Å². The molecule has 0 saturated heterocycles. The van der Waals surface area contributed by atoms with Gasteiger partial charge in [-0.3, -0.25) is 0 Å². The minimum Gasteiger partial charge on any atom is -0.436 e. The van der Waals surface area contributed by atoms with Gasteiger partial charge in [-0.2, -0.15) is 0 Å². The van der Waals surface area contributed by atoms with Crippen molar-refractivity contribution in [3.63, 3.8) is 0 Å². The van der Waals surface area contributed by atoms with Crippen LogP contribution in [-0.4, -0.2) is 9.97 Å². The van der Waals surface area contributed by atoms with Gasteiger partial charge in [0, 0.05) is 31.1 Å². The lowest BCUT2D eigenvalue weighted by atomic mass is 9.97. The molecule has 42 heavy (non-hydrogen) atoms. The summed E-state index contributed by atoms with van der Waals surface area (Å²) in [5.41, 5.74) is 8.69. The maximum atomic E-state index is 6.19. The number of nitrogens with zero attached hydrogens (tertiary/aromatic N) is 2. The minimum atomic E-state index is 0.554. The number of aromatic nitrogens is 2. The molecule has 0 aliphatic heterocycles.